The predicted molar refractivity (Wildman–Crippen MR) is 86.7 cm³/mol. The van der Waals surface area contributed by atoms with Crippen molar-refractivity contribution in [2.75, 3.05) is 6.61 Å². The fraction of sp³-hybridized carbons (Fsp3) is 0.0556. The second-order valence-corrected chi connectivity index (χ2v) is 5.69. The molecule has 2 nitrogen and oxygen atoms in total. The molecule has 0 N–H and O–H groups in total. The number of hydrogen-bond acceptors (Lipinski definition) is 3. The van der Waals surface area contributed by atoms with Crippen LogP contribution in [0.4, 0.5) is 0 Å². The molecule has 2 aromatic carbocycles. The first kappa shape index (κ1) is 13.7. The first-order chi connectivity index (χ1) is 10.3. The maximum atomic E-state index is 12.3. The Morgan fingerprint density at radius 3 is 2.57 bits per heavy atom. The van der Waals surface area contributed by atoms with Crippen molar-refractivity contribution < 1.29 is 9.53 Å². The van der Waals surface area contributed by atoms with Gasteiger partial charge in [0.1, 0.15) is 12.4 Å². The van der Waals surface area contributed by atoms with Crippen molar-refractivity contribution in [1.82, 2.24) is 0 Å². The van der Waals surface area contributed by atoms with E-state index in [0.29, 0.717) is 6.61 Å². The number of allylic oxidation sites excluding steroid dienone is 1. The fourth-order valence-corrected chi connectivity index (χ4v) is 3.15. The molecule has 0 amide bonds. The summed E-state index contributed by atoms with van der Waals surface area (Å²) in [7, 11) is 0. The standard InChI is InChI=1S/C18H14O2S/c1-2-11-20-14-9-7-13(8-10-14)12-17-18(19)15-5-3-4-6-16(15)21-17/h2-10,12H,1,11H2/b17-12-. The summed E-state index contributed by atoms with van der Waals surface area (Å²) in [5.41, 5.74) is 1.78. The van der Waals surface area contributed by atoms with Gasteiger partial charge < -0.3 is 4.74 Å². The number of rotatable bonds is 4. The second-order valence-electron chi connectivity index (χ2n) is 4.60. The van der Waals surface area contributed by atoms with Gasteiger partial charge >= 0.3 is 0 Å². The number of carbonyl (C=O) groups is 1. The van der Waals surface area contributed by atoms with Crippen molar-refractivity contribution in [1.29, 1.82) is 0 Å². The number of ether oxygens (including phenoxy) is 1. The summed E-state index contributed by atoms with van der Waals surface area (Å²) in [6.45, 7) is 4.11. The van der Waals surface area contributed by atoms with E-state index in [2.05, 4.69) is 6.58 Å². The zero-order valence-electron chi connectivity index (χ0n) is 11.4. The number of Topliss-reactive ketones (excluding diaryl/α,β-unsaturated/α-hetero) is 1. The molecule has 1 aliphatic heterocycles. The SMILES string of the molecule is C=CCOc1ccc(/C=C2\Sc3ccccc3C2=O)cc1. The normalized spacial score (nSPS) is 15.0. The molecule has 0 fully saturated rings. The molecular formula is C18H14O2S. The van der Waals surface area contributed by atoms with Crippen LogP contribution in [0.2, 0.25) is 0 Å². The van der Waals surface area contributed by atoms with Crippen LogP contribution in [0.15, 0.2) is 71.0 Å². The molecule has 0 aromatic heterocycles. The topological polar surface area (TPSA) is 26.3 Å². The van der Waals surface area contributed by atoms with Gasteiger partial charge in [0.2, 0.25) is 5.78 Å². The molecule has 21 heavy (non-hydrogen) atoms. The summed E-state index contributed by atoms with van der Waals surface area (Å²) in [6, 6.07) is 15.4. The van der Waals surface area contributed by atoms with Crippen molar-refractivity contribution in [3.8, 4) is 5.75 Å². The second kappa shape index (κ2) is 6.02. The average Bonchev–Trinajstić information content (AvgIpc) is 2.83. The van der Waals surface area contributed by atoms with E-state index < -0.39 is 0 Å². The van der Waals surface area contributed by atoms with Crippen LogP contribution in [-0.4, -0.2) is 12.4 Å². The van der Waals surface area contributed by atoms with Crippen molar-refractivity contribution >= 4 is 23.6 Å². The highest BCUT2D eigenvalue weighted by Crippen LogP contribution is 2.40. The molecule has 0 atom stereocenters. The summed E-state index contributed by atoms with van der Waals surface area (Å²) < 4.78 is 5.44. The molecule has 2 aromatic rings. The first-order valence-corrected chi connectivity index (χ1v) is 7.46. The molecule has 1 aliphatic rings. The van der Waals surface area contributed by atoms with Crippen LogP contribution in [0, 0.1) is 0 Å². The zero-order valence-corrected chi connectivity index (χ0v) is 12.2. The van der Waals surface area contributed by atoms with E-state index in [4.69, 9.17) is 4.74 Å². The third kappa shape index (κ3) is 2.93. The molecule has 0 spiro atoms. The Balaban J connectivity index is 1.80. The minimum absolute atomic E-state index is 0.0996. The molecule has 0 unspecified atom stereocenters. The van der Waals surface area contributed by atoms with E-state index in [1.165, 1.54) is 11.8 Å². The molecule has 0 bridgehead atoms. The van der Waals surface area contributed by atoms with Gasteiger partial charge in [-0.25, -0.2) is 0 Å². The number of benzene rings is 2. The quantitative estimate of drug-likeness (QED) is 0.610. The lowest BCUT2D eigenvalue weighted by molar-refractivity contribution is 0.104. The van der Waals surface area contributed by atoms with E-state index >= 15 is 0 Å². The van der Waals surface area contributed by atoms with Crippen molar-refractivity contribution in [2.45, 2.75) is 4.90 Å². The van der Waals surface area contributed by atoms with Gasteiger partial charge in [-0.05, 0) is 35.9 Å². The summed E-state index contributed by atoms with van der Waals surface area (Å²) in [5, 5.41) is 0. The Labute approximate surface area is 128 Å². The van der Waals surface area contributed by atoms with Crippen LogP contribution in [0.1, 0.15) is 15.9 Å². The lowest BCUT2D eigenvalue weighted by Crippen LogP contribution is -1.94. The molecular weight excluding hydrogens is 280 g/mol. The summed E-state index contributed by atoms with van der Waals surface area (Å²) in [5.74, 6) is 0.897. The molecule has 1 heterocycles. The van der Waals surface area contributed by atoms with Gasteiger partial charge in [0.15, 0.2) is 0 Å². The van der Waals surface area contributed by atoms with Crippen LogP contribution >= 0.6 is 11.8 Å². The van der Waals surface area contributed by atoms with Gasteiger partial charge in [0, 0.05) is 10.5 Å². The van der Waals surface area contributed by atoms with Crippen LogP contribution in [0.3, 0.4) is 0 Å². The monoisotopic (exact) mass is 294 g/mol. The number of fused-ring (bicyclic) bond motifs is 1. The Kier molecular flexibility index (Phi) is 3.93. The lowest BCUT2D eigenvalue weighted by Gasteiger charge is -2.03. The molecule has 0 saturated carbocycles. The maximum Gasteiger partial charge on any atom is 0.200 e. The molecule has 3 rings (SSSR count). The van der Waals surface area contributed by atoms with E-state index in [1.54, 1.807) is 6.08 Å². The largest absolute Gasteiger partial charge is 0.490 e. The van der Waals surface area contributed by atoms with Gasteiger partial charge in [-0.2, -0.15) is 0 Å². The third-order valence-corrected chi connectivity index (χ3v) is 4.22. The molecule has 0 saturated heterocycles. The Morgan fingerprint density at radius 1 is 1.10 bits per heavy atom. The summed E-state index contributed by atoms with van der Waals surface area (Å²) in [6.07, 6.45) is 3.63. The predicted octanol–water partition coefficient (Wildman–Crippen LogP) is 4.58. The van der Waals surface area contributed by atoms with E-state index in [0.717, 1.165) is 26.7 Å². The smallest absolute Gasteiger partial charge is 0.200 e. The van der Waals surface area contributed by atoms with Gasteiger partial charge in [-0.15, -0.1) is 0 Å². The van der Waals surface area contributed by atoms with E-state index in [9.17, 15) is 4.79 Å². The van der Waals surface area contributed by atoms with Gasteiger partial charge in [-0.1, -0.05) is 48.7 Å². The lowest BCUT2D eigenvalue weighted by atomic mass is 10.1. The maximum absolute atomic E-state index is 12.3. The minimum atomic E-state index is 0.0996. The first-order valence-electron chi connectivity index (χ1n) is 6.65. The highest BCUT2D eigenvalue weighted by Gasteiger charge is 2.24. The van der Waals surface area contributed by atoms with Crippen LogP contribution in [0.5, 0.6) is 5.75 Å². The van der Waals surface area contributed by atoms with Gasteiger partial charge in [0.25, 0.3) is 0 Å². The van der Waals surface area contributed by atoms with Crippen LogP contribution in [0.25, 0.3) is 6.08 Å². The highest BCUT2D eigenvalue weighted by molar-refractivity contribution is 8.04. The zero-order chi connectivity index (χ0) is 14.7. The Bertz CT molecular complexity index is 714. The number of carbonyl (C=O) groups excluding carboxylic acids is 1. The Morgan fingerprint density at radius 2 is 1.86 bits per heavy atom. The van der Waals surface area contributed by atoms with Gasteiger partial charge in [0.05, 0.1) is 4.91 Å². The minimum Gasteiger partial charge on any atom is -0.490 e. The number of ketones is 1. The molecule has 3 heteroatoms. The molecule has 0 aliphatic carbocycles. The van der Waals surface area contributed by atoms with Gasteiger partial charge in [-0.3, -0.25) is 4.79 Å². The average molecular weight is 294 g/mol. The number of hydrogen-bond donors (Lipinski definition) is 0. The third-order valence-electron chi connectivity index (χ3n) is 3.12. The number of thioether (sulfide) groups is 1. The summed E-state index contributed by atoms with van der Waals surface area (Å²) >= 11 is 1.52. The van der Waals surface area contributed by atoms with E-state index in [1.807, 2.05) is 54.6 Å². The van der Waals surface area contributed by atoms with E-state index in [-0.39, 0.29) is 5.78 Å². The summed E-state index contributed by atoms with van der Waals surface area (Å²) in [4.78, 5) is 14.1. The highest BCUT2D eigenvalue weighted by atomic mass is 32.2. The Hall–Kier alpha value is -2.26. The van der Waals surface area contributed by atoms with Crippen LogP contribution < -0.4 is 4.74 Å². The molecule has 0 radical (unpaired) electrons. The van der Waals surface area contributed by atoms with Crippen molar-refractivity contribution in [3.63, 3.8) is 0 Å². The molecule has 104 valence electrons. The van der Waals surface area contributed by atoms with Crippen molar-refractivity contribution in [2.24, 2.45) is 0 Å². The van der Waals surface area contributed by atoms with Crippen molar-refractivity contribution in [3.05, 3.63) is 77.2 Å². The fourth-order valence-electron chi connectivity index (χ4n) is 2.10. The van der Waals surface area contributed by atoms with Crippen LogP contribution in [-0.2, 0) is 0 Å².